The molecule has 6 nitrogen and oxygen atoms in total. The molecule has 21 heavy (non-hydrogen) atoms. The zero-order valence-corrected chi connectivity index (χ0v) is 13.2. The van der Waals surface area contributed by atoms with Crippen molar-refractivity contribution < 1.29 is 0 Å². The van der Waals surface area contributed by atoms with Crippen LogP contribution < -0.4 is 16.6 Å². The first-order valence-electron chi connectivity index (χ1n) is 7.88. The van der Waals surface area contributed by atoms with Gasteiger partial charge in [0.15, 0.2) is 0 Å². The van der Waals surface area contributed by atoms with E-state index < -0.39 is 0 Å². The lowest BCUT2D eigenvalue weighted by atomic mass is 9.82. The number of hydrogen-bond acceptors (Lipinski definition) is 6. The molecular weight excluding hydrogens is 264 g/mol. The first-order chi connectivity index (χ1) is 10.1. The lowest BCUT2D eigenvalue weighted by molar-refractivity contribution is 0.0608. The van der Waals surface area contributed by atoms with Gasteiger partial charge in [0, 0.05) is 23.7 Å². The highest BCUT2D eigenvalue weighted by Gasteiger charge is 2.36. The molecule has 1 aromatic rings. The third-order valence-electron chi connectivity index (χ3n) is 5.08. The number of piperidine rings is 2. The molecule has 2 atom stereocenters. The van der Waals surface area contributed by atoms with Crippen molar-refractivity contribution in [2.45, 2.75) is 64.1 Å². The van der Waals surface area contributed by atoms with Gasteiger partial charge >= 0.3 is 0 Å². The SMILES string of the molecule is Cc1nc(NN)c(C)c(NC2CC3CCCC(C2)N3C)n1. The number of anilines is 2. The molecule has 0 aliphatic carbocycles. The standard InChI is InChI=1S/C15H26N6/c1-9-14(17-10(2)18-15(9)20-16)19-11-7-12-5-4-6-13(8-11)21(12)3/h11-13H,4-8,16H2,1-3H3,(H2,17,18,19,20). The summed E-state index contributed by atoms with van der Waals surface area (Å²) in [7, 11) is 2.28. The normalized spacial score (nSPS) is 29.2. The number of hydrazine groups is 1. The predicted molar refractivity (Wildman–Crippen MR) is 85.2 cm³/mol. The van der Waals surface area contributed by atoms with Gasteiger partial charge in [0.1, 0.15) is 17.5 Å². The van der Waals surface area contributed by atoms with Gasteiger partial charge < -0.3 is 15.6 Å². The van der Waals surface area contributed by atoms with Gasteiger partial charge in [-0.25, -0.2) is 15.8 Å². The van der Waals surface area contributed by atoms with Crippen LogP contribution in [0.25, 0.3) is 0 Å². The van der Waals surface area contributed by atoms with Crippen molar-refractivity contribution in [3.05, 3.63) is 11.4 Å². The fraction of sp³-hybridized carbons (Fsp3) is 0.733. The smallest absolute Gasteiger partial charge is 0.148 e. The van der Waals surface area contributed by atoms with Crippen LogP contribution in [0.1, 0.15) is 43.5 Å². The average Bonchev–Trinajstić information content (AvgIpc) is 2.43. The zero-order chi connectivity index (χ0) is 15.0. The van der Waals surface area contributed by atoms with Crippen LogP contribution in [-0.2, 0) is 0 Å². The molecule has 0 saturated carbocycles. The zero-order valence-electron chi connectivity index (χ0n) is 13.2. The first kappa shape index (κ1) is 14.5. The van der Waals surface area contributed by atoms with Crippen LogP contribution in [-0.4, -0.2) is 40.0 Å². The molecule has 4 N–H and O–H groups in total. The lowest BCUT2D eigenvalue weighted by Gasteiger charge is -2.47. The molecule has 0 aromatic carbocycles. The third kappa shape index (κ3) is 2.82. The molecule has 2 bridgehead atoms. The number of nitrogens with two attached hydrogens (primary N) is 1. The van der Waals surface area contributed by atoms with Gasteiger partial charge in [-0.1, -0.05) is 6.42 Å². The number of nitrogen functional groups attached to an aromatic ring is 1. The molecule has 0 radical (unpaired) electrons. The van der Waals surface area contributed by atoms with Crippen molar-refractivity contribution >= 4 is 11.6 Å². The molecule has 2 aliphatic rings. The molecule has 0 amide bonds. The summed E-state index contributed by atoms with van der Waals surface area (Å²) in [5, 5.41) is 3.64. The fourth-order valence-corrected chi connectivity index (χ4v) is 3.84. The maximum atomic E-state index is 5.54. The highest BCUT2D eigenvalue weighted by atomic mass is 15.3. The molecule has 1 aromatic heterocycles. The van der Waals surface area contributed by atoms with Crippen molar-refractivity contribution in [2.24, 2.45) is 5.84 Å². The molecule has 3 rings (SSSR count). The predicted octanol–water partition coefficient (Wildman–Crippen LogP) is 1.81. The van der Waals surface area contributed by atoms with Crippen LogP contribution >= 0.6 is 0 Å². The van der Waals surface area contributed by atoms with Crippen molar-refractivity contribution in [1.82, 2.24) is 14.9 Å². The van der Waals surface area contributed by atoms with Crippen LogP contribution in [0.15, 0.2) is 0 Å². The van der Waals surface area contributed by atoms with Gasteiger partial charge in [0.25, 0.3) is 0 Å². The minimum Gasteiger partial charge on any atom is -0.367 e. The molecule has 2 aliphatic heterocycles. The summed E-state index contributed by atoms with van der Waals surface area (Å²) in [6.07, 6.45) is 6.41. The average molecular weight is 290 g/mol. The molecule has 2 unspecified atom stereocenters. The fourth-order valence-electron chi connectivity index (χ4n) is 3.84. The minimum absolute atomic E-state index is 0.495. The number of aromatic nitrogens is 2. The number of hydrogen-bond donors (Lipinski definition) is 3. The van der Waals surface area contributed by atoms with E-state index in [-0.39, 0.29) is 0 Å². The molecule has 0 spiro atoms. The Bertz CT molecular complexity index is 503. The highest BCUT2D eigenvalue weighted by Crippen LogP contribution is 2.34. The largest absolute Gasteiger partial charge is 0.367 e. The Morgan fingerprint density at radius 1 is 1.10 bits per heavy atom. The van der Waals surface area contributed by atoms with E-state index in [0.717, 1.165) is 17.2 Å². The van der Waals surface area contributed by atoms with E-state index in [1.165, 1.54) is 32.1 Å². The number of nitrogens with zero attached hydrogens (tertiary/aromatic N) is 3. The van der Waals surface area contributed by atoms with Gasteiger partial charge in [-0.3, -0.25) is 0 Å². The van der Waals surface area contributed by atoms with E-state index >= 15 is 0 Å². The van der Waals surface area contributed by atoms with Crippen molar-refractivity contribution in [1.29, 1.82) is 0 Å². The van der Waals surface area contributed by atoms with E-state index in [9.17, 15) is 0 Å². The van der Waals surface area contributed by atoms with Gasteiger partial charge in [0.05, 0.1) is 0 Å². The van der Waals surface area contributed by atoms with Gasteiger partial charge in [-0.15, -0.1) is 0 Å². The Morgan fingerprint density at radius 2 is 1.71 bits per heavy atom. The van der Waals surface area contributed by atoms with Crippen LogP contribution in [0.2, 0.25) is 0 Å². The first-order valence-corrected chi connectivity index (χ1v) is 7.88. The number of rotatable bonds is 3. The maximum absolute atomic E-state index is 5.54. The van der Waals surface area contributed by atoms with Gasteiger partial charge in [-0.05, 0) is 46.6 Å². The van der Waals surface area contributed by atoms with Crippen LogP contribution in [0.3, 0.4) is 0 Å². The van der Waals surface area contributed by atoms with Crippen molar-refractivity contribution in [3.8, 4) is 0 Å². The molecular formula is C15H26N6. The highest BCUT2D eigenvalue weighted by molar-refractivity contribution is 5.57. The Hall–Kier alpha value is -1.40. The second kappa shape index (κ2) is 5.77. The van der Waals surface area contributed by atoms with Gasteiger partial charge in [0.2, 0.25) is 0 Å². The maximum Gasteiger partial charge on any atom is 0.148 e. The van der Waals surface area contributed by atoms with Crippen molar-refractivity contribution in [2.75, 3.05) is 17.8 Å². The number of fused-ring (bicyclic) bond motifs is 2. The summed E-state index contributed by atoms with van der Waals surface area (Å²) in [5.74, 6) is 7.91. The van der Waals surface area contributed by atoms with Crippen LogP contribution in [0, 0.1) is 13.8 Å². The second-order valence-corrected chi connectivity index (χ2v) is 6.45. The summed E-state index contributed by atoms with van der Waals surface area (Å²) in [4.78, 5) is 11.5. The summed E-state index contributed by atoms with van der Waals surface area (Å²) >= 11 is 0. The van der Waals surface area contributed by atoms with E-state index in [1.54, 1.807) is 0 Å². The van der Waals surface area contributed by atoms with E-state index in [0.29, 0.717) is 23.9 Å². The summed E-state index contributed by atoms with van der Waals surface area (Å²) < 4.78 is 0. The van der Waals surface area contributed by atoms with E-state index in [2.05, 4.69) is 32.7 Å². The third-order valence-corrected chi connectivity index (χ3v) is 5.08. The van der Waals surface area contributed by atoms with Crippen LogP contribution in [0.4, 0.5) is 11.6 Å². The monoisotopic (exact) mass is 290 g/mol. The van der Waals surface area contributed by atoms with Crippen molar-refractivity contribution in [3.63, 3.8) is 0 Å². The summed E-state index contributed by atoms with van der Waals surface area (Å²) in [5.41, 5.74) is 3.65. The second-order valence-electron chi connectivity index (χ2n) is 6.45. The summed E-state index contributed by atoms with van der Waals surface area (Å²) in [6.45, 7) is 3.90. The molecule has 116 valence electrons. The minimum atomic E-state index is 0.495. The molecule has 3 heterocycles. The van der Waals surface area contributed by atoms with Crippen LogP contribution in [0.5, 0.6) is 0 Å². The topological polar surface area (TPSA) is 79.1 Å². The lowest BCUT2D eigenvalue weighted by Crippen LogP contribution is -2.52. The molecule has 6 heteroatoms. The van der Waals surface area contributed by atoms with Gasteiger partial charge in [-0.2, -0.15) is 0 Å². The Kier molecular flexibility index (Phi) is 3.99. The van der Waals surface area contributed by atoms with E-state index in [4.69, 9.17) is 5.84 Å². The quantitative estimate of drug-likeness (QED) is 0.582. The number of nitrogens with one attached hydrogen (secondary N) is 2. The Labute approximate surface area is 126 Å². The Morgan fingerprint density at radius 3 is 2.33 bits per heavy atom. The molecule has 2 saturated heterocycles. The Balaban J connectivity index is 1.77. The van der Waals surface area contributed by atoms with E-state index in [1.807, 2.05) is 13.8 Å². The number of aryl methyl sites for hydroxylation is 1. The molecule has 2 fully saturated rings. The summed E-state index contributed by atoms with van der Waals surface area (Å²) in [6, 6.07) is 1.92.